The van der Waals surface area contributed by atoms with Gasteiger partial charge in [-0.3, -0.25) is 9.78 Å². The van der Waals surface area contributed by atoms with E-state index in [-0.39, 0.29) is 5.91 Å². The summed E-state index contributed by atoms with van der Waals surface area (Å²) in [5.41, 5.74) is 0.834. The summed E-state index contributed by atoms with van der Waals surface area (Å²) in [6, 6.07) is 6.81. The van der Waals surface area contributed by atoms with Crippen molar-refractivity contribution in [3.8, 4) is 5.82 Å². The van der Waals surface area contributed by atoms with Gasteiger partial charge < -0.3 is 5.32 Å². The summed E-state index contributed by atoms with van der Waals surface area (Å²) >= 11 is 5.99. The first-order valence-corrected chi connectivity index (χ1v) is 6.49. The third-order valence-electron chi connectivity index (χ3n) is 2.77. The van der Waals surface area contributed by atoms with Crippen LogP contribution in [-0.4, -0.2) is 25.7 Å². The second-order valence-electron chi connectivity index (χ2n) is 4.13. The van der Waals surface area contributed by atoms with Gasteiger partial charge in [-0.15, -0.1) is 0 Å². The van der Waals surface area contributed by atoms with Crippen LogP contribution in [0.5, 0.6) is 0 Å². The molecule has 6 nitrogen and oxygen atoms in total. The molecule has 0 saturated carbocycles. The first-order valence-electron chi connectivity index (χ1n) is 6.11. The van der Waals surface area contributed by atoms with Gasteiger partial charge in [-0.1, -0.05) is 11.6 Å². The summed E-state index contributed by atoms with van der Waals surface area (Å²) in [4.78, 5) is 20.4. The number of aromatic nitrogens is 4. The van der Waals surface area contributed by atoms with Crippen molar-refractivity contribution < 1.29 is 4.79 Å². The fourth-order valence-corrected chi connectivity index (χ4v) is 2.00. The molecular weight excluding hydrogens is 290 g/mol. The number of anilines is 1. The van der Waals surface area contributed by atoms with Crippen molar-refractivity contribution in [1.82, 2.24) is 19.7 Å². The highest BCUT2D eigenvalue weighted by atomic mass is 35.5. The molecule has 7 heteroatoms. The first kappa shape index (κ1) is 13.3. The van der Waals surface area contributed by atoms with E-state index in [1.54, 1.807) is 47.5 Å². The number of carbonyl (C=O) groups excluding carboxylic acids is 1. The van der Waals surface area contributed by atoms with E-state index in [2.05, 4.69) is 20.4 Å². The summed E-state index contributed by atoms with van der Waals surface area (Å²) in [6.07, 6.45) is 7.96. The van der Waals surface area contributed by atoms with Gasteiger partial charge >= 0.3 is 0 Å². The van der Waals surface area contributed by atoms with Crippen LogP contribution in [-0.2, 0) is 0 Å². The van der Waals surface area contributed by atoms with E-state index in [1.165, 1.54) is 12.4 Å². The van der Waals surface area contributed by atoms with Crippen molar-refractivity contribution in [3.63, 3.8) is 0 Å². The van der Waals surface area contributed by atoms with Gasteiger partial charge in [-0.2, -0.15) is 5.10 Å². The molecular formula is C14H10ClN5O. The molecule has 0 unspecified atom stereocenters. The highest BCUT2D eigenvalue weighted by Gasteiger charge is 2.13. The molecule has 0 saturated heterocycles. The Morgan fingerprint density at radius 3 is 2.86 bits per heavy atom. The Morgan fingerprint density at radius 2 is 2.10 bits per heavy atom. The number of carbonyl (C=O) groups is 1. The van der Waals surface area contributed by atoms with Crippen molar-refractivity contribution in [2.45, 2.75) is 0 Å². The molecule has 104 valence electrons. The van der Waals surface area contributed by atoms with Crippen LogP contribution in [0.4, 0.5) is 5.69 Å². The SMILES string of the molecule is O=C(Nc1cccnc1-n1cccn1)c1cnccc1Cl. The lowest BCUT2D eigenvalue weighted by Gasteiger charge is -2.10. The predicted octanol–water partition coefficient (Wildman–Crippen LogP) is 2.57. The lowest BCUT2D eigenvalue weighted by Crippen LogP contribution is -2.15. The van der Waals surface area contributed by atoms with Crippen LogP contribution in [0.3, 0.4) is 0 Å². The Bertz CT molecular complexity index is 773. The molecule has 3 aromatic heterocycles. The molecule has 0 atom stereocenters. The zero-order valence-electron chi connectivity index (χ0n) is 10.8. The van der Waals surface area contributed by atoms with Gasteiger partial charge in [0.15, 0.2) is 5.82 Å². The number of halogens is 1. The average Bonchev–Trinajstić information content (AvgIpc) is 3.02. The summed E-state index contributed by atoms with van der Waals surface area (Å²) in [7, 11) is 0. The van der Waals surface area contributed by atoms with E-state index >= 15 is 0 Å². The maximum Gasteiger partial charge on any atom is 0.258 e. The number of nitrogens with one attached hydrogen (secondary N) is 1. The van der Waals surface area contributed by atoms with Crippen LogP contribution >= 0.6 is 11.6 Å². The number of rotatable bonds is 3. The van der Waals surface area contributed by atoms with Crippen molar-refractivity contribution in [2.75, 3.05) is 5.32 Å². The Hall–Kier alpha value is -2.73. The summed E-state index contributed by atoms with van der Waals surface area (Å²) in [5, 5.41) is 7.22. The molecule has 0 aromatic carbocycles. The molecule has 1 N–H and O–H groups in total. The van der Waals surface area contributed by atoms with Gasteiger partial charge in [0.2, 0.25) is 0 Å². The Balaban J connectivity index is 1.93. The molecule has 0 fully saturated rings. The van der Waals surface area contributed by atoms with Crippen molar-refractivity contribution in [1.29, 1.82) is 0 Å². The molecule has 3 rings (SSSR count). The smallest absolute Gasteiger partial charge is 0.258 e. The van der Waals surface area contributed by atoms with E-state index in [0.29, 0.717) is 22.1 Å². The topological polar surface area (TPSA) is 72.7 Å². The van der Waals surface area contributed by atoms with Crippen molar-refractivity contribution >= 4 is 23.2 Å². The Labute approximate surface area is 125 Å². The van der Waals surface area contributed by atoms with Crippen molar-refractivity contribution in [3.05, 3.63) is 65.8 Å². The van der Waals surface area contributed by atoms with E-state index in [0.717, 1.165) is 0 Å². The second kappa shape index (κ2) is 5.72. The van der Waals surface area contributed by atoms with Crippen LogP contribution in [0.2, 0.25) is 5.02 Å². The third-order valence-corrected chi connectivity index (χ3v) is 3.10. The number of amides is 1. The summed E-state index contributed by atoms with van der Waals surface area (Å²) in [5.74, 6) is 0.172. The lowest BCUT2D eigenvalue weighted by atomic mass is 10.2. The van der Waals surface area contributed by atoms with Crippen LogP contribution in [0.25, 0.3) is 5.82 Å². The Kier molecular flexibility index (Phi) is 3.61. The fourth-order valence-electron chi connectivity index (χ4n) is 1.81. The maximum atomic E-state index is 12.3. The van der Waals surface area contributed by atoms with Gasteiger partial charge in [0, 0.05) is 31.0 Å². The predicted molar refractivity (Wildman–Crippen MR) is 78.6 cm³/mol. The molecule has 0 aliphatic heterocycles. The van der Waals surface area contributed by atoms with Gasteiger partial charge in [-0.25, -0.2) is 9.67 Å². The standard InChI is InChI=1S/C14H10ClN5O/c15-11-4-7-16-9-10(11)14(21)19-12-3-1-5-17-13(12)20-8-2-6-18-20/h1-9H,(H,19,21). The average molecular weight is 300 g/mol. The molecule has 0 bridgehead atoms. The molecule has 0 aliphatic carbocycles. The van der Waals surface area contributed by atoms with E-state index in [4.69, 9.17) is 11.6 Å². The third kappa shape index (κ3) is 2.75. The minimum absolute atomic E-state index is 0.300. The molecule has 0 radical (unpaired) electrons. The van der Waals surface area contributed by atoms with Crippen LogP contribution in [0.15, 0.2) is 55.2 Å². The number of pyridine rings is 2. The van der Waals surface area contributed by atoms with E-state index in [1.807, 2.05) is 0 Å². The minimum Gasteiger partial charge on any atom is -0.319 e. The molecule has 3 heterocycles. The van der Waals surface area contributed by atoms with Gasteiger partial charge in [0.05, 0.1) is 16.3 Å². The Morgan fingerprint density at radius 1 is 1.19 bits per heavy atom. The highest BCUT2D eigenvalue weighted by molar-refractivity contribution is 6.34. The quantitative estimate of drug-likeness (QED) is 0.806. The summed E-state index contributed by atoms with van der Waals surface area (Å²) in [6.45, 7) is 0. The van der Waals surface area contributed by atoms with Crippen LogP contribution < -0.4 is 5.32 Å². The molecule has 1 amide bonds. The van der Waals surface area contributed by atoms with Gasteiger partial charge in [-0.05, 0) is 24.3 Å². The zero-order chi connectivity index (χ0) is 14.7. The second-order valence-corrected chi connectivity index (χ2v) is 4.54. The zero-order valence-corrected chi connectivity index (χ0v) is 11.5. The minimum atomic E-state index is -0.352. The van der Waals surface area contributed by atoms with Crippen LogP contribution in [0.1, 0.15) is 10.4 Å². The van der Waals surface area contributed by atoms with E-state index in [9.17, 15) is 4.79 Å². The van der Waals surface area contributed by atoms with Crippen molar-refractivity contribution in [2.24, 2.45) is 0 Å². The lowest BCUT2D eigenvalue weighted by molar-refractivity contribution is 0.102. The largest absolute Gasteiger partial charge is 0.319 e. The number of hydrogen-bond acceptors (Lipinski definition) is 4. The molecule has 0 spiro atoms. The summed E-state index contributed by atoms with van der Waals surface area (Å²) < 4.78 is 1.57. The van der Waals surface area contributed by atoms with E-state index < -0.39 is 0 Å². The fraction of sp³-hybridized carbons (Fsp3) is 0. The normalized spacial score (nSPS) is 10.3. The molecule has 0 aliphatic rings. The number of hydrogen-bond donors (Lipinski definition) is 1. The van der Waals surface area contributed by atoms with Crippen LogP contribution in [0, 0.1) is 0 Å². The first-order chi connectivity index (χ1) is 10.3. The molecule has 3 aromatic rings. The van der Waals surface area contributed by atoms with Gasteiger partial charge in [0.1, 0.15) is 0 Å². The van der Waals surface area contributed by atoms with Gasteiger partial charge in [0.25, 0.3) is 5.91 Å². The maximum absolute atomic E-state index is 12.3. The molecule has 21 heavy (non-hydrogen) atoms. The monoisotopic (exact) mass is 299 g/mol. The highest BCUT2D eigenvalue weighted by Crippen LogP contribution is 2.19. The number of nitrogens with zero attached hydrogens (tertiary/aromatic N) is 4.